The van der Waals surface area contributed by atoms with Gasteiger partial charge in [-0.3, -0.25) is 4.72 Å². The van der Waals surface area contributed by atoms with Crippen LogP contribution in [0.25, 0.3) is 23.0 Å². The zero-order chi connectivity index (χ0) is 20.4. The molecule has 0 radical (unpaired) electrons. The third-order valence-corrected chi connectivity index (χ3v) is 5.63. The number of nitrogens with zero attached hydrogens (tertiary/aromatic N) is 2. The Morgan fingerprint density at radius 3 is 2.55 bits per heavy atom. The molecule has 0 aliphatic rings. The molecule has 0 bridgehead atoms. The average molecular weight is 404 g/mol. The van der Waals surface area contributed by atoms with Crippen molar-refractivity contribution in [2.45, 2.75) is 13.8 Å². The summed E-state index contributed by atoms with van der Waals surface area (Å²) in [6.45, 7) is 4.00. The zero-order valence-electron chi connectivity index (χ0n) is 16.2. The standard InChI is InChI=1S/C23H21N3O2S/c1-17-8-10-19(11-9-17)12-14-29(27,28)25-21-7-3-6-20(15-21)22-16-26-13-4-5-18(2)23(26)24-22/h3-16,25H,1-2H3/b14-12+. The lowest BCUT2D eigenvalue weighted by atomic mass is 10.1. The first-order chi connectivity index (χ1) is 13.9. The summed E-state index contributed by atoms with van der Waals surface area (Å²) in [5, 5.41) is 1.18. The highest BCUT2D eigenvalue weighted by Gasteiger charge is 2.09. The number of rotatable bonds is 5. The Kier molecular flexibility index (Phi) is 4.94. The van der Waals surface area contributed by atoms with Crippen molar-refractivity contribution in [3.63, 3.8) is 0 Å². The molecule has 5 nitrogen and oxygen atoms in total. The summed E-state index contributed by atoms with van der Waals surface area (Å²) in [4.78, 5) is 4.67. The molecule has 29 heavy (non-hydrogen) atoms. The molecule has 4 aromatic rings. The molecule has 1 N–H and O–H groups in total. The number of imidazole rings is 1. The third kappa shape index (κ3) is 4.38. The third-order valence-electron chi connectivity index (χ3n) is 4.61. The number of nitrogens with one attached hydrogen (secondary N) is 1. The van der Waals surface area contributed by atoms with Gasteiger partial charge in [0.25, 0.3) is 10.0 Å². The summed E-state index contributed by atoms with van der Waals surface area (Å²) in [5.74, 6) is 0. The molecule has 146 valence electrons. The Labute approximate surface area is 170 Å². The van der Waals surface area contributed by atoms with Crippen LogP contribution in [0.5, 0.6) is 0 Å². The van der Waals surface area contributed by atoms with E-state index in [-0.39, 0.29) is 0 Å². The quantitative estimate of drug-likeness (QED) is 0.508. The van der Waals surface area contributed by atoms with Gasteiger partial charge in [-0.25, -0.2) is 13.4 Å². The molecule has 0 spiro atoms. The van der Waals surface area contributed by atoms with Crippen molar-refractivity contribution < 1.29 is 8.42 Å². The molecule has 2 aromatic carbocycles. The van der Waals surface area contributed by atoms with Crippen LogP contribution in [-0.2, 0) is 10.0 Å². The second kappa shape index (κ2) is 7.56. The normalized spacial score (nSPS) is 11.9. The van der Waals surface area contributed by atoms with Gasteiger partial charge in [0.15, 0.2) is 0 Å². The monoisotopic (exact) mass is 403 g/mol. The summed E-state index contributed by atoms with van der Waals surface area (Å²) in [6.07, 6.45) is 5.46. The van der Waals surface area contributed by atoms with Crippen LogP contribution in [-0.4, -0.2) is 17.8 Å². The first-order valence-electron chi connectivity index (χ1n) is 9.22. The molecule has 0 fully saturated rings. The van der Waals surface area contributed by atoms with Crippen molar-refractivity contribution in [1.82, 2.24) is 9.38 Å². The highest BCUT2D eigenvalue weighted by atomic mass is 32.2. The van der Waals surface area contributed by atoms with E-state index in [4.69, 9.17) is 0 Å². The summed E-state index contributed by atoms with van der Waals surface area (Å²) < 4.78 is 29.5. The van der Waals surface area contributed by atoms with Gasteiger partial charge in [-0.1, -0.05) is 48.0 Å². The minimum atomic E-state index is -3.63. The lowest BCUT2D eigenvalue weighted by Gasteiger charge is -2.06. The number of sulfonamides is 1. The van der Waals surface area contributed by atoms with Gasteiger partial charge in [0.2, 0.25) is 0 Å². The van der Waals surface area contributed by atoms with E-state index in [1.807, 2.05) is 79.2 Å². The Morgan fingerprint density at radius 2 is 1.79 bits per heavy atom. The number of fused-ring (bicyclic) bond motifs is 1. The van der Waals surface area contributed by atoms with Crippen molar-refractivity contribution in [3.05, 3.63) is 95.2 Å². The first kappa shape index (κ1) is 19.0. The highest BCUT2D eigenvalue weighted by molar-refractivity contribution is 7.95. The van der Waals surface area contributed by atoms with Gasteiger partial charge in [-0.05, 0) is 49.2 Å². The fourth-order valence-electron chi connectivity index (χ4n) is 3.08. The fourth-order valence-corrected chi connectivity index (χ4v) is 3.94. The summed E-state index contributed by atoms with van der Waals surface area (Å²) in [6, 6.07) is 18.9. The molecule has 0 amide bonds. The lowest BCUT2D eigenvalue weighted by molar-refractivity contribution is 0.609. The van der Waals surface area contributed by atoms with Gasteiger partial charge < -0.3 is 4.40 Å². The molecule has 6 heteroatoms. The molecule has 0 saturated carbocycles. The Bertz CT molecular complexity index is 1300. The maximum absolute atomic E-state index is 12.5. The summed E-state index contributed by atoms with van der Waals surface area (Å²) >= 11 is 0. The number of hydrogen-bond donors (Lipinski definition) is 1. The molecule has 2 aromatic heterocycles. The minimum Gasteiger partial charge on any atom is -0.306 e. The Morgan fingerprint density at radius 1 is 1.00 bits per heavy atom. The predicted octanol–water partition coefficient (Wildman–Crippen LogP) is 5.03. The number of pyridine rings is 1. The number of aryl methyl sites for hydroxylation is 2. The molecule has 0 aliphatic carbocycles. The van der Waals surface area contributed by atoms with Crippen molar-refractivity contribution >= 4 is 27.4 Å². The fraction of sp³-hybridized carbons (Fsp3) is 0.0870. The summed E-state index contributed by atoms with van der Waals surface area (Å²) in [7, 11) is -3.63. The smallest absolute Gasteiger partial charge is 0.255 e. The molecule has 0 saturated heterocycles. The molecule has 4 rings (SSSR count). The molecule has 2 heterocycles. The van der Waals surface area contributed by atoms with Crippen molar-refractivity contribution in [1.29, 1.82) is 0 Å². The molecular weight excluding hydrogens is 382 g/mol. The lowest BCUT2D eigenvalue weighted by Crippen LogP contribution is -2.08. The predicted molar refractivity (Wildman–Crippen MR) is 118 cm³/mol. The number of hydrogen-bond acceptors (Lipinski definition) is 3. The van der Waals surface area contributed by atoms with E-state index in [1.54, 1.807) is 18.2 Å². The van der Waals surface area contributed by atoms with Crippen LogP contribution < -0.4 is 4.72 Å². The minimum absolute atomic E-state index is 0.491. The van der Waals surface area contributed by atoms with Gasteiger partial charge in [-0.2, -0.15) is 0 Å². The van der Waals surface area contributed by atoms with Crippen LogP contribution in [0.1, 0.15) is 16.7 Å². The van der Waals surface area contributed by atoms with Gasteiger partial charge in [0.1, 0.15) is 5.65 Å². The molecular formula is C23H21N3O2S. The number of anilines is 1. The SMILES string of the molecule is Cc1ccc(/C=C/S(=O)(=O)Nc2cccc(-c3cn4cccc(C)c4n3)c2)cc1. The van der Waals surface area contributed by atoms with E-state index < -0.39 is 10.0 Å². The van der Waals surface area contributed by atoms with E-state index in [0.717, 1.165) is 33.6 Å². The molecule has 0 unspecified atom stereocenters. The zero-order valence-corrected chi connectivity index (χ0v) is 17.0. The second-order valence-electron chi connectivity index (χ2n) is 6.99. The van der Waals surface area contributed by atoms with E-state index in [0.29, 0.717) is 5.69 Å². The maximum Gasteiger partial charge on any atom is 0.255 e. The van der Waals surface area contributed by atoms with Crippen LogP contribution in [0.15, 0.2) is 78.5 Å². The van der Waals surface area contributed by atoms with E-state index in [9.17, 15) is 8.42 Å². The van der Waals surface area contributed by atoms with Crippen molar-refractivity contribution in [3.8, 4) is 11.3 Å². The number of aromatic nitrogens is 2. The Balaban J connectivity index is 1.58. The van der Waals surface area contributed by atoms with Gasteiger partial charge >= 0.3 is 0 Å². The molecule has 0 aliphatic heterocycles. The largest absolute Gasteiger partial charge is 0.306 e. The van der Waals surface area contributed by atoms with Crippen LogP contribution in [0.3, 0.4) is 0 Å². The number of benzene rings is 2. The van der Waals surface area contributed by atoms with E-state index in [2.05, 4.69) is 9.71 Å². The second-order valence-corrected chi connectivity index (χ2v) is 8.56. The van der Waals surface area contributed by atoms with Crippen LogP contribution in [0, 0.1) is 13.8 Å². The van der Waals surface area contributed by atoms with Crippen LogP contribution in [0.2, 0.25) is 0 Å². The average Bonchev–Trinajstić information content (AvgIpc) is 3.13. The maximum atomic E-state index is 12.5. The first-order valence-corrected chi connectivity index (χ1v) is 10.8. The summed E-state index contributed by atoms with van der Waals surface area (Å²) in [5.41, 5.74) is 6.04. The van der Waals surface area contributed by atoms with Crippen molar-refractivity contribution in [2.75, 3.05) is 4.72 Å². The topological polar surface area (TPSA) is 63.5 Å². The van der Waals surface area contributed by atoms with Gasteiger partial charge in [0.05, 0.1) is 11.1 Å². The van der Waals surface area contributed by atoms with E-state index in [1.165, 1.54) is 5.41 Å². The molecule has 0 atom stereocenters. The van der Waals surface area contributed by atoms with Gasteiger partial charge in [-0.15, -0.1) is 0 Å². The van der Waals surface area contributed by atoms with Crippen LogP contribution >= 0.6 is 0 Å². The van der Waals surface area contributed by atoms with Gasteiger partial charge in [0, 0.05) is 23.6 Å². The van der Waals surface area contributed by atoms with Crippen LogP contribution in [0.4, 0.5) is 5.69 Å². The van der Waals surface area contributed by atoms with E-state index >= 15 is 0 Å². The Hall–Kier alpha value is -3.38. The van der Waals surface area contributed by atoms with Crippen molar-refractivity contribution in [2.24, 2.45) is 0 Å². The highest BCUT2D eigenvalue weighted by Crippen LogP contribution is 2.24.